The highest BCUT2D eigenvalue weighted by Crippen LogP contribution is 2.36. The molecule has 1 heterocycles. The lowest BCUT2D eigenvalue weighted by molar-refractivity contribution is 0.0390. The van der Waals surface area contributed by atoms with Gasteiger partial charge in [0.25, 0.3) is 5.91 Å². The Balaban J connectivity index is 1.54. The van der Waals surface area contributed by atoms with E-state index in [4.69, 9.17) is 0 Å². The topological polar surface area (TPSA) is 54.5 Å². The third-order valence-electron chi connectivity index (χ3n) is 6.14. The molecule has 0 unspecified atom stereocenters. The van der Waals surface area contributed by atoms with Gasteiger partial charge in [-0.25, -0.2) is 8.42 Å². The van der Waals surface area contributed by atoms with Crippen molar-refractivity contribution in [2.45, 2.75) is 55.2 Å². The highest BCUT2D eigenvalue weighted by atomic mass is 32.2. The molecule has 1 saturated carbocycles. The maximum Gasteiger partial charge on any atom is 0.254 e. The van der Waals surface area contributed by atoms with E-state index in [0.29, 0.717) is 28.0 Å². The second-order valence-corrected chi connectivity index (χ2v) is 10.0. The van der Waals surface area contributed by atoms with Crippen molar-refractivity contribution >= 4 is 15.7 Å². The van der Waals surface area contributed by atoms with E-state index >= 15 is 0 Å². The molecule has 2 fully saturated rings. The Morgan fingerprint density at radius 3 is 2.50 bits per heavy atom. The van der Waals surface area contributed by atoms with Crippen LogP contribution < -0.4 is 0 Å². The van der Waals surface area contributed by atoms with E-state index < -0.39 is 9.84 Å². The lowest BCUT2D eigenvalue weighted by Gasteiger charge is -2.44. The Morgan fingerprint density at radius 1 is 0.929 bits per heavy atom. The first kappa shape index (κ1) is 19.2. The molecular formula is C23H27NO3S. The van der Waals surface area contributed by atoms with Gasteiger partial charge in [-0.3, -0.25) is 4.79 Å². The molecular weight excluding hydrogens is 370 g/mol. The number of benzene rings is 2. The Bertz CT molecular complexity index is 937. The van der Waals surface area contributed by atoms with Gasteiger partial charge in [0.1, 0.15) is 0 Å². The van der Waals surface area contributed by atoms with E-state index in [1.54, 1.807) is 48.5 Å². The van der Waals surface area contributed by atoms with Crippen LogP contribution in [0, 0.1) is 5.92 Å². The largest absolute Gasteiger partial charge is 0.335 e. The van der Waals surface area contributed by atoms with E-state index in [1.165, 1.54) is 25.7 Å². The average Bonchev–Trinajstić information content (AvgIpc) is 2.73. The molecule has 0 aromatic heterocycles. The van der Waals surface area contributed by atoms with Crippen LogP contribution in [0.5, 0.6) is 0 Å². The lowest BCUT2D eigenvalue weighted by atomic mass is 9.78. The zero-order chi connectivity index (χ0) is 19.6. The summed E-state index contributed by atoms with van der Waals surface area (Å²) in [6.45, 7) is 0.812. The lowest BCUT2D eigenvalue weighted by Crippen LogP contribution is -2.49. The number of hydrogen-bond acceptors (Lipinski definition) is 3. The molecule has 2 aliphatic rings. The maximum atomic E-state index is 13.2. The molecule has 0 spiro atoms. The fourth-order valence-corrected chi connectivity index (χ4v) is 6.12. The first-order chi connectivity index (χ1) is 13.5. The van der Waals surface area contributed by atoms with E-state index in [2.05, 4.69) is 4.90 Å². The highest BCUT2D eigenvalue weighted by molar-refractivity contribution is 7.90. The van der Waals surface area contributed by atoms with Gasteiger partial charge in [-0.1, -0.05) is 43.2 Å². The van der Waals surface area contributed by atoms with Gasteiger partial charge in [-0.05, 0) is 61.4 Å². The molecule has 4 nitrogen and oxygen atoms in total. The summed E-state index contributed by atoms with van der Waals surface area (Å²) < 4.78 is 25.4. The molecule has 0 N–H and O–H groups in total. The van der Waals surface area contributed by atoms with Gasteiger partial charge in [0.05, 0.1) is 10.6 Å². The van der Waals surface area contributed by atoms with Crippen LogP contribution in [0.15, 0.2) is 59.5 Å². The van der Waals surface area contributed by atoms with Gasteiger partial charge in [0, 0.05) is 18.2 Å². The van der Waals surface area contributed by atoms with Crippen LogP contribution >= 0.6 is 0 Å². The first-order valence-corrected chi connectivity index (χ1v) is 11.9. The number of hydrogen-bond donors (Lipinski definition) is 0. The molecule has 1 aliphatic carbocycles. The van der Waals surface area contributed by atoms with Crippen molar-refractivity contribution in [1.82, 2.24) is 4.90 Å². The van der Waals surface area contributed by atoms with Crippen LogP contribution in [-0.4, -0.2) is 31.8 Å². The minimum absolute atomic E-state index is 0.0514. The number of nitrogens with zero attached hydrogens (tertiary/aromatic N) is 1. The second kappa shape index (κ2) is 8.08. The van der Waals surface area contributed by atoms with Gasteiger partial charge in [-0.2, -0.15) is 0 Å². The SMILES string of the molecule is O=C(c1cccc(CS(=O)(=O)c2ccccc2)c1)N1CCC[C@@H]2CCCC[C@@H]21. The Hall–Kier alpha value is -2.14. The first-order valence-electron chi connectivity index (χ1n) is 10.2. The van der Waals surface area contributed by atoms with Crippen molar-refractivity contribution in [3.8, 4) is 0 Å². The van der Waals surface area contributed by atoms with Crippen molar-refractivity contribution in [1.29, 1.82) is 0 Å². The van der Waals surface area contributed by atoms with E-state index in [-0.39, 0.29) is 11.7 Å². The number of carbonyl (C=O) groups is 1. The molecule has 0 radical (unpaired) electrons. The summed E-state index contributed by atoms with van der Waals surface area (Å²) in [5, 5.41) is 0. The van der Waals surface area contributed by atoms with Crippen LogP contribution in [0.25, 0.3) is 0 Å². The predicted molar refractivity (Wildman–Crippen MR) is 110 cm³/mol. The molecule has 2 aromatic rings. The molecule has 148 valence electrons. The average molecular weight is 398 g/mol. The Kier molecular flexibility index (Phi) is 5.54. The van der Waals surface area contributed by atoms with Crippen molar-refractivity contribution in [3.63, 3.8) is 0 Å². The van der Waals surface area contributed by atoms with Crippen molar-refractivity contribution in [2.24, 2.45) is 5.92 Å². The standard InChI is InChI=1S/C23H27NO3S/c25-23(24-15-7-11-19-9-4-5-14-22(19)24)20-10-6-8-18(16-20)17-28(26,27)21-12-2-1-3-13-21/h1-3,6,8,10,12-13,16,19,22H,4-5,7,9,11,14-15,17H2/t19-,22-/m0/s1. The molecule has 28 heavy (non-hydrogen) atoms. The fraction of sp³-hybridized carbons (Fsp3) is 0.435. The molecule has 0 bridgehead atoms. The van der Waals surface area contributed by atoms with Gasteiger partial charge in [0.2, 0.25) is 0 Å². The summed E-state index contributed by atoms with van der Waals surface area (Å²) in [6.07, 6.45) is 7.08. The number of likely N-dealkylation sites (tertiary alicyclic amines) is 1. The normalized spacial score (nSPS) is 22.5. The van der Waals surface area contributed by atoms with Crippen molar-refractivity contribution in [2.75, 3.05) is 6.54 Å². The van der Waals surface area contributed by atoms with Crippen LogP contribution in [-0.2, 0) is 15.6 Å². The molecule has 1 amide bonds. The quantitative estimate of drug-likeness (QED) is 0.766. The summed E-state index contributed by atoms with van der Waals surface area (Å²) in [4.78, 5) is 15.6. The monoisotopic (exact) mass is 397 g/mol. The number of piperidine rings is 1. The summed E-state index contributed by atoms with van der Waals surface area (Å²) >= 11 is 0. The van der Waals surface area contributed by atoms with Gasteiger partial charge in [0.15, 0.2) is 9.84 Å². The molecule has 2 atom stereocenters. The smallest absolute Gasteiger partial charge is 0.254 e. The van der Waals surface area contributed by atoms with Crippen LogP contribution in [0.1, 0.15) is 54.4 Å². The summed E-state index contributed by atoms with van der Waals surface area (Å²) in [7, 11) is -3.42. The minimum Gasteiger partial charge on any atom is -0.335 e. The van der Waals surface area contributed by atoms with Crippen LogP contribution in [0.4, 0.5) is 0 Å². The number of sulfone groups is 1. The molecule has 1 aliphatic heterocycles. The maximum absolute atomic E-state index is 13.2. The predicted octanol–water partition coefficient (Wildman–Crippen LogP) is 4.46. The summed E-state index contributed by atoms with van der Waals surface area (Å²) in [5.74, 6) is 0.591. The number of rotatable bonds is 4. The molecule has 4 rings (SSSR count). The third-order valence-corrected chi connectivity index (χ3v) is 7.84. The Labute approximate surface area is 167 Å². The zero-order valence-electron chi connectivity index (χ0n) is 16.1. The zero-order valence-corrected chi connectivity index (χ0v) is 16.9. The van der Waals surface area contributed by atoms with Crippen molar-refractivity contribution in [3.05, 3.63) is 65.7 Å². The van der Waals surface area contributed by atoms with Crippen molar-refractivity contribution < 1.29 is 13.2 Å². The Morgan fingerprint density at radius 2 is 1.68 bits per heavy atom. The third kappa shape index (κ3) is 4.00. The summed E-state index contributed by atoms with van der Waals surface area (Å²) in [6, 6.07) is 16.0. The van der Waals surface area contributed by atoms with E-state index in [1.807, 2.05) is 6.07 Å². The minimum atomic E-state index is -3.42. The number of fused-ring (bicyclic) bond motifs is 1. The van der Waals surface area contributed by atoms with Crippen LogP contribution in [0.3, 0.4) is 0 Å². The van der Waals surface area contributed by atoms with Gasteiger partial charge < -0.3 is 4.90 Å². The van der Waals surface area contributed by atoms with Gasteiger partial charge in [-0.15, -0.1) is 0 Å². The molecule has 5 heteroatoms. The molecule has 2 aromatic carbocycles. The fourth-order valence-electron chi connectivity index (χ4n) is 4.77. The molecule has 1 saturated heterocycles. The highest BCUT2D eigenvalue weighted by Gasteiger charge is 2.36. The van der Waals surface area contributed by atoms with Crippen LogP contribution in [0.2, 0.25) is 0 Å². The number of carbonyl (C=O) groups excluding carboxylic acids is 1. The number of amides is 1. The van der Waals surface area contributed by atoms with Gasteiger partial charge >= 0.3 is 0 Å². The van der Waals surface area contributed by atoms with E-state index in [9.17, 15) is 13.2 Å². The second-order valence-electron chi connectivity index (χ2n) is 8.03. The summed E-state index contributed by atoms with van der Waals surface area (Å²) in [5.41, 5.74) is 1.26. The van der Waals surface area contributed by atoms with E-state index in [0.717, 1.165) is 19.4 Å².